The van der Waals surface area contributed by atoms with Crippen molar-refractivity contribution < 1.29 is 17.9 Å². The van der Waals surface area contributed by atoms with E-state index in [-0.39, 0.29) is 16.5 Å². The summed E-state index contributed by atoms with van der Waals surface area (Å²) in [6, 6.07) is 2.48. The molecule has 0 heterocycles. The molecule has 7 heteroatoms. The topological polar surface area (TPSA) is 66.4 Å². The van der Waals surface area contributed by atoms with Gasteiger partial charge in [0.05, 0.1) is 11.6 Å². The van der Waals surface area contributed by atoms with Crippen LogP contribution in [-0.4, -0.2) is 26.2 Å². The van der Waals surface area contributed by atoms with Crippen LogP contribution >= 0.6 is 11.6 Å². The van der Waals surface area contributed by atoms with Crippen LogP contribution in [0.2, 0.25) is 5.02 Å². The highest BCUT2D eigenvalue weighted by molar-refractivity contribution is 7.89. The van der Waals surface area contributed by atoms with Gasteiger partial charge in [-0.2, -0.15) is 0 Å². The zero-order valence-corrected chi connectivity index (χ0v) is 10.7. The van der Waals surface area contributed by atoms with E-state index in [4.69, 9.17) is 16.7 Å². The van der Waals surface area contributed by atoms with Crippen LogP contribution in [-0.2, 0) is 10.0 Å². The van der Waals surface area contributed by atoms with Gasteiger partial charge in [-0.15, -0.1) is 0 Å². The van der Waals surface area contributed by atoms with Crippen molar-refractivity contribution in [1.29, 1.82) is 0 Å². The second kappa shape index (κ2) is 5.77. The maximum absolute atomic E-state index is 13.0. The summed E-state index contributed by atoms with van der Waals surface area (Å²) in [6.07, 6.45) is 0.419. The zero-order chi connectivity index (χ0) is 13.1. The lowest BCUT2D eigenvalue weighted by Gasteiger charge is -2.15. The molecule has 1 atom stereocenters. The Morgan fingerprint density at radius 3 is 2.71 bits per heavy atom. The second-order valence-electron chi connectivity index (χ2n) is 3.48. The Balaban J connectivity index is 3.09. The molecule has 4 nitrogen and oxygen atoms in total. The van der Waals surface area contributed by atoms with E-state index >= 15 is 0 Å². The quantitative estimate of drug-likeness (QED) is 0.860. The monoisotopic (exact) mass is 281 g/mol. The minimum Gasteiger partial charge on any atom is -0.395 e. The average molecular weight is 282 g/mol. The predicted molar refractivity (Wildman–Crippen MR) is 62.9 cm³/mol. The van der Waals surface area contributed by atoms with Crippen LogP contribution in [0.25, 0.3) is 0 Å². The van der Waals surface area contributed by atoms with Crippen molar-refractivity contribution in [3.05, 3.63) is 29.0 Å². The van der Waals surface area contributed by atoms with Gasteiger partial charge in [-0.25, -0.2) is 17.5 Å². The Bertz CT molecular complexity index is 488. The third kappa shape index (κ3) is 3.64. The molecule has 0 amide bonds. The van der Waals surface area contributed by atoms with Crippen molar-refractivity contribution >= 4 is 21.6 Å². The molecule has 0 fully saturated rings. The fourth-order valence-electron chi connectivity index (χ4n) is 1.22. The van der Waals surface area contributed by atoms with Crippen molar-refractivity contribution in [1.82, 2.24) is 4.72 Å². The molecule has 0 aliphatic rings. The smallest absolute Gasteiger partial charge is 0.242 e. The zero-order valence-electron chi connectivity index (χ0n) is 9.15. The molecule has 0 radical (unpaired) electrons. The van der Waals surface area contributed by atoms with Gasteiger partial charge in [-0.1, -0.05) is 18.5 Å². The first-order valence-corrected chi connectivity index (χ1v) is 6.85. The van der Waals surface area contributed by atoms with Gasteiger partial charge < -0.3 is 5.11 Å². The van der Waals surface area contributed by atoms with Gasteiger partial charge in [0.2, 0.25) is 10.0 Å². The highest BCUT2D eigenvalue weighted by Gasteiger charge is 2.21. The SMILES string of the molecule is CC[C@H](CO)NS(=O)(=O)c1cc(F)ccc1Cl. The first-order valence-electron chi connectivity index (χ1n) is 4.99. The van der Waals surface area contributed by atoms with Gasteiger partial charge in [0.25, 0.3) is 0 Å². The third-order valence-corrected chi connectivity index (χ3v) is 4.22. The number of aliphatic hydroxyl groups excluding tert-OH is 1. The van der Waals surface area contributed by atoms with Crippen molar-refractivity contribution in [2.45, 2.75) is 24.3 Å². The van der Waals surface area contributed by atoms with E-state index in [0.717, 1.165) is 12.1 Å². The number of sulfonamides is 1. The lowest BCUT2D eigenvalue weighted by molar-refractivity contribution is 0.254. The molecule has 2 N–H and O–H groups in total. The van der Waals surface area contributed by atoms with Crippen LogP contribution in [0.4, 0.5) is 4.39 Å². The van der Waals surface area contributed by atoms with E-state index in [0.29, 0.717) is 6.42 Å². The predicted octanol–water partition coefficient (Wildman–Crippen LogP) is 1.53. The summed E-state index contributed by atoms with van der Waals surface area (Å²) in [5, 5.41) is 8.86. The van der Waals surface area contributed by atoms with Crippen LogP contribution in [0.3, 0.4) is 0 Å². The number of benzene rings is 1. The molecule has 17 heavy (non-hydrogen) atoms. The first-order chi connectivity index (χ1) is 7.90. The minimum atomic E-state index is -3.92. The van der Waals surface area contributed by atoms with Crippen molar-refractivity contribution in [2.75, 3.05) is 6.61 Å². The number of halogens is 2. The Hall–Kier alpha value is -0.690. The Kier molecular flexibility index (Phi) is 4.88. The summed E-state index contributed by atoms with van der Waals surface area (Å²) in [4.78, 5) is -0.328. The molecule has 0 aromatic heterocycles. The average Bonchev–Trinajstić information content (AvgIpc) is 2.29. The van der Waals surface area contributed by atoms with E-state index in [9.17, 15) is 12.8 Å². The van der Waals surface area contributed by atoms with Crippen molar-refractivity contribution in [2.24, 2.45) is 0 Å². The van der Waals surface area contributed by atoms with Crippen LogP contribution in [0.1, 0.15) is 13.3 Å². The van der Waals surface area contributed by atoms with Gasteiger partial charge in [0, 0.05) is 6.04 Å². The summed E-state index contributed by atoms with van der Waals surface area (Å²) in [6.45, 7) is 1.39. The summed E-state index contributed by atoms with van der Waals surface area (Å²) < 4.78 is 38.9. The highest BCUT2D eigenvalue weighted by atomic mass is 35.5. The summed E-state index contributed by atoms with van der Waals surface area (Å²) in [7, 11) is -3.92. The molecule has 0 saturated heterocycles. The minimum absolute atomic E-state index is 0.0632. The van der Waals surface area contributed by atoms with Gasteiger partial charge >= 0.3 is 0 Å². The Morgan fingerprint density at radius 1 is 1.53 bits per heavy atom. The van der Waals surface area contributed by atoms with Crippen molar-refractivity contribution in [3.8, 4) is 0 Å². The highest BCUT2D eigenvalue weighted by Crippen LogP contribution is 2.22. The normalized spacial score (nSPS) is 13.6. The van der Waals surface area contributed by atoms with Crippen LogP contribution < -0.4 is 4.72 Å². The van der Waals surface area contributed by atoms with Crippen molar-refractivity contribution in [3.63, 3.8) is 0 Å². The van der Waals surface area contributed by atoms with Gasteiger partial charge in [-0.05, 0) is 24.6 Å². The maximum Gasteiger partial charge on any atom is 0.242 e. The number of aliphatic hydroxyl groups is 1. The van der Waals surface area contributed by atoms with Gasteiger partial charge in [0.15, 0.2) is 0 Å². The summed E-state index contributed by atoms with van der Waals surface area (Å²) in [5.74, 6) is -0.688. The number of hydrogen-bond donors (Lipinski definition) is 2. The molecule has 0 bridgehead atoms. The molecule has 0 unspecified atom stereocenters. The number of nitrogens with one attached hydrogen (secondary N) is 1. The molecule has 1 aromatic rings. The van der Waals surface area contributed by atoms with Gasteiger partial charge in [-0.3, -0.25) is 0 Å². The van der Waals surface area contributed by atoms with E-state index in [1.54, 1.807) is 6.92 Å². The summed E-state index contributed by atoms with van der Waals surface area (Å²) >= 11 is 5.70. The molecular formula is C10H13ClFNO3S. The molecule has 0 aliphatic carbocycles. The first kappa shape index (κ1) is 14.4. The molecule has 96 valence electrons. The fourth-order valence-corrected chi connectivity index (χ4v) is 3.04. The van der Waals surface area contributed by atoms with Crippen LogP contribution in [0, 0.1) is 5.82 Å². The van der Waals surface area contributed by atoms with Gasteiger partial charge in [0.1, 0.15) is 10.7 Å². The molecule has 0 saturated carbocycles. The van der Waals surface area contributed by atoms with Crippen LogP contribution in [0.15, 0.2) is 23.1 Å². The number of rotatable bonds is 5. The Morgan fingerprint density at radius 2 is 2.18 bits per heavy atom. The van der Waals surface area contributed by atoms with E-state index < -0.39 is 21.9 Å². The van der Waals surface area contributed by atoms with E-state index in [1.165, 1.54) is 6.07 Å². The molecule has 0 aliphatic heterocycles. The second-order valence-corrected chi connectivity index (χ2v) is 5.57. The number of hydrogen-bond acceptors (Lipinski definition) is 3. The van der Waals surface area contributed by atoms with E-state index in [1.807, 2.05) is 0 Å². The molecular weight excluding hydrogens is 269 g/mol. The Labute approximate surface area is 104 Å². The standard InChI is InChI=1S/C10H13ClFNO3S/c1-2-8(6-14)13-17(15,16)10-5-7(12)3-4-9(10)11/h3-5,8,13-14H,2,6H2,1H3/t8-/m1/s1. The third-order valence-electron chi connectivity index (χ3n) is 2.22. The largest absolute Gasteiger partial charge is 0.395 e. The van der Waals surface area contributed by atoms with E-state index in [2.05, 4.69) is 4.72 Å². The summed E-state index contributed by atoms with van der Waals surface area (Å²) in [5.41, 5.74) is 0. The van der Waals surface area contributed by atoms with Crippen LogP contribution in [0.5, 0.6) is 0 Å². The lowest BCUT2D eigenvalue weighted by Crippen LogP contribution is -2.37. The molecule has 0 spiro atoms. The fraction of sp³-hybridized carbons (Fsp3) is 0.400. The molecule has 1 rings (SSSR count). The lowest BCUT2D eigenvalue weighted by atomic mass is 10.3. The molecule has 1 aromatic carbocycles. The maximum atomic E-state index is 13.0.